The summed E-state index contributed by atoms with van der Waals surface area (Å²) in [6.07, 6.45) is 3.70. The Morgan fingerprint density at radius 3 is 2.89 bits per heavy atom. The number of aliphatic hydroxyl groups is 1. The molecular formula is C24H26FN7O4. The first-order valence-corrected chi connectivity index (χ1v) is 11.9. The lowest BCUT2D eigenvalue weighted by atomic mass is 10.0. The molecule has 0 bridgehead atoms. The molecule has 2 aromatic rings. The van der Waals surface area contributed by atoms with Crippen LogP contribution in [-0.2, 0) is 9.47 Å². The first kappa shape index (κ1) is 22.8. The van der Waals surface area contributed by atoms with E-state index >= 15 is 0 Å². The van der Waals surface area contributed by atoms with Gasteiger partial charge >= 0.3 is 0 Å². The summed E-state index contributed by atoms with van der Waals surface area (Å²) in [6.45, 7) is 0.994. The number of amides is 1. The van der Waals surface area contributed by atoms with Crippen molar-refractivity contribution in [3.63, 3.8) is 0 Å². The molecular weight excluding hydrogens is 469 g/mol. The lowest BCUT2D eigenvalue weighted by Crippen LogP contribution is -2.42. The number of nitrogens with zero attached hydrogens (tertiary/aromatic N) is 5. The van der Waals surface area contributed by atoms with Gasteiger partial charge < -0.3 is 29.8 Å². The van der Waals surface area contributed by atoms with Crippen LogP contribution in [0.5, 0.6) is 0 Å². The molecule has 3 N–H and O–H groups in total. The topological polar surface area (TPSA) is 128 Å². The van der Waals surface area contributed by atoms with E-state index in [1.165, 1.54) is 6.20 Å². The van der Waals surface area contributed by atoms with Gasteiger partial charge in [0.15, 0.2) is 5.65 Å². The van der Waals surface area contributed by atoms with Gasteiger partial charge in [0.2, 0.25) is 0 Å². The van der Waals surface area contributed by atoms with E-state index in [1.54, 1.807) is 17.8 Å². The zero-order valence-electron chi connectivity index (χ0n) is 19.6. The van der Waals surface area contributed by atoms with Crippen LogP contribution in [0.15, 0.2) is 36.8 Å². The van der Waals surface area contributed by atoms with Gasteiger partial charge in [0.1, 0.15) is 23.4 Å². The highest BCUT2D eigenvalue weighted by atomic mass is 19.1. The number of carbonyl (C=O) groups is 1. The summed E-state index contributed by atoms with van der Waals surface area (Å²) in [7, 11) is 1.76. The molecule has 0 aromatic carbocycles. The third kappa shape index (κ3) is 3.77. The zero-order chi connectivity index (χ0) is 24.8. The summed E-state index contributed by atoms with van der Waals surface area (Å²) in [4.78, 5) is 22.4. The minimum absolute atomic E-state index is 0.0709. The monoisotopic (exact) mass is 495 g/mol. The SMILES string of the molecule is CNc1cc(-c2cnc3n([C@H]4CCOC[C@H]4F)cccc2-3)nc2c(C(=O)N[C@H]3COC[C@H]3O)cnn12. The number of fused-ring (bicyclic) bond motifs is 2. The van der Waals surface area contributed by atoms with Crippen molar-refractivity contribution < 1.29 is 23.8 Å². The summed E-state index contributed by atoms with van der Waals surface area (Å²) in [6, 6.07) is 4.78. The summed E-state index contributed by atoms with van der Waals surface area (Å²) in [5, 5.41) is 20.2. The van der Waals surface area contributed by atoms with Gasteiger partial charge in [-0.05, 0) is 18.6 Å². The maximum atomic E-state index is 14.7. The molecule has 0 radical (unpaired) electrons. The molecule has 11 nitrogen and oxygen atoms in total. The molecule has 188 valence electrons. The highest BCUT2D eigenvalue weighted by molar-refractivity contribution is 6.00. The predicted molar refractivity (Wildman–Crippen MR) is 128 cm³/mol. The number of aromatic nitrogens is 5. The molecule has 2 aromatic heterocycles. The smallest absolute Gasteiger partial charge is 0.257 e. The summed E-state index contributed by atoms with van der Waals surface area (Å²) in [5.74, 6) is 0.893. The number of halogens is 1. The minimum atomic E-state index is -1.11. The average molecular weight is 496 g/mol. The van der Waals surface area contributed by atoms with Crippen LogP contribution in [0.3, 0.4) is 0 Å². The molecule has 4 aliphatic heterocycles. The molecule has 6 heterocycles. The molecule has 6 rings (SSSR count). The second-order valence-electron chi connectivity index (χ2n) is 9.03. The fourth-order valence-electron chi connectivity index (χ4n) is 4.90. The molecule has 1 amide bonds. The van der Waals surface area contributed by atoms with Gasteiger partial charge in [0.05, 0.1) is 49.9 Å². The van der Waals surface area contributed by atoms with Crippen molar-refractivity contribution >= 4 is 17.4 Å². The number of carbonyl (C=O) groups excluding carboxylic acids is 1. The normalized spacial score (nSPS) is 24.4. The molecule has 2 fully saturated rings. The highest BCUT2D eigenvalue weighted by Crippen LogP contribution is 2.37. The number of nitrogens with one attached hydrogen (secondary N) is 2. The van der Waals surface area contributed by atoms with E-state index in [0.717, 1.165) is 11.1 Å². The van der Waals surface area contributed by atoms with Crippen molar-refractivity contribution in [3.05, 3.63) is 42.4 Å². The van der Waals surface area contributed by atoms with Crippen LogP contribution in [0.2, 0.25) is 0 Å². The molecule has 4 atom stereocenters. The van der Waals surface area contributed by atoms with E-state index < -0.39 is 24.2 Å². The van der Waals surface area contributed by atoms with Crippen molar-refractivity contribution in [2.75, 3.05) is 38.8 Å². The standard InChI is InChI=1S/C24H26FN7O4/c1-26-21-7-17(29-23-15(9-28-32(21)23)24(34)30-18-11-36-12-20(18)33)14-8-27-22-13(14)3-2-5-31(22)19-4-6-35-10-16(19)25/h2-3,5,7-9,16,18-20,26,33H,4,6,10-12H2,1H3,(H,30,34)/t16-,18+,19+,20-/m1/s1. The lowest BCUT2D eigenvalue weighted by Gasteiger charge is -2.29. The van der Waals surface area contributed by atoms with Crippen LogP contribution in [0, 0.1) is 0 Å². The lowest BCUT2D eigenvalue weighted by molar-refractivity contribution is 0.00346. The van der Waals surface area contributed by atoms with Crippen molar-refractivity contribution in [2.45, 2.75) is 30.8 Å². The molecule has 12 heteroatoms. The number of alkyl halides is 1. The maximum Gasteiger partial charge on any atom is 0.257 e. The number of aliphatic hydroxyl groups excluding tert-OH is 1. The Kier molecular flexibility index (Phi) is 5.78. The molecule has 0 spiro atoms. The third-order valence-corrected chi connectivity index (χ3v) is 6.83. The first-order chi connectivity index (χ1) is 17.5. The van der Waals surface area contributed by atoms with E-state index in [9.17, 15) is 14.3 Å². The highest BCUT2D eigenvalue weighted by Gasteiger charge is 2.31. The van der Waals surface area contributed by atoms with Crippen LogP contribution in [0.1, 0.15) is 22.8 Å². The van der Waals surface area contributed by atoms with Gasteiger partial charge in [-0.1, -0.05) is 0 Å². The quantitative estimate of drug-likeness (QED) is 0.380. The average Bonchev–Trinajstić information content (AvgIpc) is 3.62. The molecule has 4 aliphatic rings. The number of hydrogen-bond acceptors (Lipinski definition) is 8. The summed E-state index contributed by atoms with van der Waals surface area (Å²) in [5.41, 5.74) is 2.80. The molecule has 0 unspecified atom stereocenters. The fraction of sp³-hybridized carbons (Fsp3) is 0.417. The second kappa shape index (κ2) is 9.12. The zero-order valence-corrected chi connectivity index (χ0v) is 19.6. The Hall–Kier alpha value is -3.61. The van der Waals surface area contributed by atoms with Gasteiger partial charge in [0, 0.05) is 43.2 Å². The number of rotatable bonds is 5. The van der Waals surface area contributed by atoms with Gasteiger partial charge in [-0.3, -0.25) is 4.79 Å². The summed E-state index contributed by atoms with van der Waals surface area (Å²) < 4.78 is 28.6. The van der Waals surface area contributed by atoms with E-state index in [-0.39, 0.29) is 31.4 Å². The molecule has 2 saturated heterocycles. The first-order valence-electron chi connectivity index (χ1n) is 11.9. The van der Waals surface area contributed by atoms with Gasteiger partial charge in [-0.15, -0.1) is 0 Å². The molecule has 36 heavy (non-hydrogen) atoms. The number of anilines is 1. The van der Waals surface area contributed by atoms with Crippen LogP contribution in [0.4, 0.5) is 10.2 Å². The van der Waals surface area contributed by atoms with Crippen molar-refractivity contribution in [2.24, 2.45) is 0 Å². The Morgan fingerprint density at radius 1 is 1.22 bits per heavy atom. The van der Waals surface area contributed by atoms with Gasteiger partial charge in [0.25, 0.3) is 5.91 Å². The van der Waals surface area contributed by atoms with E-state index in [2.05, 4.69) is 20.7 Å². The van der Waals surface area contributed by atoms with Crippen molar-refractivity contribution in [3.8, 4) is 22.6 Å². The third-order valence-electron chi connectivity index (χ3n) is 6.83. The van der Waals surface area contributed by atoms with Crippen molar-refractivity contribution in [1.29, 1.82) is 0 Å². The predicted octanol–water partition coefficient (Wildman–Crippen LogP) is 1.53. The van der Waals surface area contributed by atoms with Crippen LogP contribution < -0.4 is 10.6 Å². The Labute approximate surface area is 205 Å². The Morgan fingerprint density at radius 2 is 2.11 bits per heavy atom. The number of hydrogen-bond donors (Lipinski definition) is 3. The van der Waals surface area contributed by atoms with Gasteiger partial charge in [-0.25, -0.2) is 14.4 Å². The van der Waals surface area contributed by atoms with Crippen LogP contribution in [-0.4, -0.2) is 87.0 Å². The molecule has 0 saturated carbocycles. The largest absolute Gasteiger partial charge is 0.388 e. The Bertz CT molecular complexity index is 1390. The van der Waals surface area contributed by atoms with E-state index in [4.69, 9.17) is 14.5 Å². The Balaban J connectivity index is 1.39. The fourth-order valence-corrected chi connectivity index (χ4v) is 4.90. The van der Waals surface area contributed by atoms with E-state index in [0.29, 0.717) is 36.0 Å². The van der Waals surface area contributed by atoms with Crippen LogP contribution >= 0.6 is 0 Å². The van der Waals surface area contributed by atoms with E-state index in [1.807, 2.05) is 29.0 Å². The minimum Gasteiger partial charge on any atom is -0.388 e. The maximum absolute atomic E-state index is 14.7. The second-order valence-corrected chi connectivity index (χ2v) is 9.03. The summed E-state index contributed by atoms with van der Waals surface area (Å²) >= 11 is 0. The van der Waals surface area contributed by atoms with Crippen molar-refractivity contribution in [1.82, 2.24) is 29.5 Å². The van der Waals surface area contributed by atoms with Crippen LogP contribution in [0.25, 0.3) is 28.3 Å². The number of pyridine rings is 1. The molecule has 0 aliphatic carbocycles. The van der Waals surface area contributed by atoms with Gasteiger partial charge in [-0.2, -0.15) is 9.61 Å². The number of ether oxygens (including phenoxy) is 2.